The molecule has 0 fully saturated rings. The maximum Gasteiger partial charge on any atom is 0.124 e. The number of anilines is 1. The van der Waals surface area contributed by atoms with Crippen molar-refractivity contribution >= 4 is 49.7 Å². The molecule has 184 valence electrons. The van der Waals surface area contributed by atoms with Gasteiger partial charge < -0.3 is 10.6 Å². The Kier molecular flexibility index (Phi) is 5.58. The van der Waals surface area contributed by atoms with Gasteiger partial charge >= 0.3 is 0 Å². The molecule has 3 aliphatic rings. The molecule has 0 radical (unpaired) electrons. The van der Waals surface area contributed by atoms with Crippen LogP contribution in [-0.4, -0.2) is 18.1 Å². The first kappa shape index (κ1) is 23.4. The second-order valence-corrected chi connectivity index (χ2v) is 11.8. The Balaban J connectivity index is 0.00000117. The second kappa shape index (κ2) is 8.57. The van der Waals surface area contributed by atoms with Crippen molar-refractivity contribution in [1.82, 2.24) is 4.98 Å². The van der Waals surface area contributed by atoms with Crippen LogP contribution in [0, 0.1) is 0 Å². The molecule has 4 heteroatoms. The smallest absolute Gasteiger partial charge is 0.124 e. The van der Waals surface area contributed by atoms with Gasteiger partial charge in [0.05, 0.1) is 10.2 Å². The molecule has 1 aromatic heterocycles. The van der Waals surface area contributed by atoms with Gasteiger partial charge in [-0.2, -0.15) is 0 Å². The summed E-state index contributed by atoms with van der Waals surface area (Å²) in [6.07, 6.45) is 5.43. The topological polar surface area (TPSA) is 42.1 Å². The Morgan fingerprint density at radius 3 is 2.75 bits per heavy atom. The molecule has 1 unspecified atom stereocenters. The number of nitrogens with two attached hydrogens (primary N) is 1. The zero-order valence-corrected chi connectivity index (χ0v) is 22.6. The van der Waals surface area contributed by atoms with Crippen LogP contribution >= 0.6 is 11.3 Å². The van der Waals surface area contributed by atoms with Crippen molar-refractivity contribution in [2.75, 3.05) is 18.0 Å². The van der Waals surface area contributed by atoms with Crippen molar-refractivity contribution in [2.24, 2.45) is 5.73 Å². The van der Waals surface area contributed by atoms with Gasteiger partial charge in [0.15, 0.2) is 0 Å². The number of hydrogen-bond donors (Lipinski definition) is 1. The number of rotatable bonds is 1. The zero-order valence-electron chi connectivity index (χ0n) is 21.8. The summed E-state index contributed by atoms with van der Waals surface area (Å²) in [6.45, 7) is 15.6. The van der Waals surface area contributed by atoms with E-state index < -0.39 is 0 Å². The predicted molar refractivity (Wildman–Crippen MR) is 157 cm³/mol. The molecule has 1 aliphatic carbocycles. The molecule has 0 bridgehead atoms. The summed E-state index contributed by atoms with van der Waals surface area (Å²) < 4.78 is 1.26. The molecule has 0 saturated heterocycles. The summed E-state index contributed by atoms with van der Waals surface area (Å²) in [4.78, 5) is 7.65. The van der Waals surface area contributed by atoms with Crippen LogP contribution in [0.3, 0.4) is 0 Å². The van der Waals surface area contributed by atoms with Crippen LogP contribution in [0.25, 0.3) is 32.6 Å². The number of fused-ring (bicyclic) bond motifs is 5. The van der Waals surface area contributed by atoms with Gasteiger partial charge in [-0.3, -0.25) is 0 Å². The minimum absolute atomic E-state index is 0.111. The molecule has 7 rings (SSSR count). The third kappa shape index (κ3) is 3.46. The van der Waals surface area contributed by atoms with Crippen molar-refractivity contribution in [2.45, 2.75) is 58.4 Å². The number of benzene rings is 3. The van der Waals surface area contributed by atoms with Crippen LogP contribution in [0.2, 0.25) is 0 Å². The first-order valence-corrected chi connectivity index (χ1v) is 14.1. The third-order valence-electron chi connectivity index (χ3n) is 8.16. The summed E-state index contributed by atoms with van der Waals surface area (Å²) in [5.74, 6) is 0. The standard InChI is InChI=1S/C30H29N3S.C2H6/c1-17-14-22-19(16-23-24(31)10-12-33-13-11-30(2,3)26(22)27(23)33)15-21(17)29-32-25-9-8-18-6-4-5-7-20(18)28(25)34-29;1-2/h4-9,15-16,24H,1,10-14,31H2,2-3H3;1-2H3. The van der Waals surface area contributed by atoms with Gasteiger partial charge in [-0.05, 0) is 76.1 Å². The summed E-state index contributed by atoms with van der Waals surface area (Å²) in [6, 6.07) is 15.4. The summed E-state index contributed by atoms with van der Waals surface area (Å²) in [5, 5.41) is 3.61. The van der Waals surface area contributed by atoms with Crippen molar-refractivity contribution in [3.63, 3.8) is 0 Å². The number of aromatic nitrogens is 1. The molecule has 36 heavy (non-hydrogen) atoms. The molecule has 3 aromatic carbocycles. The predicted octanol–water partition coefficient (Wildman–Crippen LogP) is 8.02. The van der Waals surface area contributed by atoms with E-state index in [-0.39, 0.29) is 11.5 Å². The van der Waals surface area contributed by atoms with Crippen molar-refractivity contribution in [3.05, 3.63) is 81.9 Å². The molecule has 2 N–H and O–H groups in total. The van der Waals surface area contributed by atoms with Gasteiger partial charge in [0.2, 0.25) is 0 Å². The van der Waals surface area contributed by atoms with Crippen LogP contribution in [0.4, 0.5) is 5.69 Å². The maximum absolute atomic E-state index is 6.68. The van der Waals surface area contributed by atoms with E-state index in [1.54, 1.807) is 11.3 Å². The van der Waals surface area contributed by atoms with Crippen LogP contribution < -0.4 is 10.6 Å². The lowest BCUT2D eigenvalue weighted by atomic mass is 9.69. The Bertz CT molecular complexity index is 1550. The fourth-order valence-corrected chi connectivity index (χ4v) is 7.47. The monoisotopic (exact) mass is 493 g/mol. The Labute approximate surface area is 218 Å². The molecular weight excluding hydrogens is 458 g/mol. The third-order valence-corrected chi connectivity index (χ3v) is 9.30. The normalized spacial score (nSPS) is 19.9. The SMILES string of the molecule is C=C1Cc2c(cc3c4c2C(C)(C)CCN4CCC3N)C=C1c1nc2ccc3ccccc3c2s1.CC. The van der Waals surface area contributed by atoms with Crippen LogP contribution in [0.15, 0.2) is 54.6 Å². The number of hydrogen-bond acceptors (Lipinski definition) is 4. The molecule has 0 saturated carbocycles. The Hall–Kier alpha value is -2.95. The fraction of sp³-hybridized carbons (Fsp3) is 0.344. The van der Waals surface area contributed by atoms with Gasteiger partial charge in [-0.1, -0.05) is 64.6 Å². The molecule has 0 spiro atoms. The quantitative estimate of drug-likeness (QED) is 0.292. The lowest BCUT2D eigenvalue weighted by Gasteiger charge is -2.47. The Morgan fingerprint density at radius 1 is 1.11 bits per heavy atom. The van der Waals surface area contributed by atoms with Gasteiger partial charge in [-0.15, -0.1) is 11.3 Å². The number of nitrogens with zero attached hydrogens (tertiary/aromatic N) is 2. The van der Waals surface area contributed by atoms with Gasteiger partial charge in [-0.25, -0.2) is 4.98 Å². The fourth-order valence-electron chi connectivity index (χ4n) is 6.30. The van der Waals surface area contributed by atoms with Gasteiger partial charge in [0, 0.05) is 35.8 Å². The van der Waals surface area contributed by atoms with E-state index in [0.717, 1.165) is 36.5 Å². The van der Waals surface area contributed by atoms with Gasteiger partial charge in [0.25, 0.3) is 0 Å². The Morgan fingerprint density at radius 2 is 1.92 bits per heavy atom. The van der Waals surface area contributed by atoms with E-state index in [0.29, 0.717) is 0 Å². The summed E-state index contributed by atoms with van der Waals surface area (Å²) in [7, 11) is 0. The minimum atomic E-state index is 0.111. The van der Waals surface area contributed by atoms with E-state index in [1.165, 1.54) is 61.0 Å². The molecule has 1 atom stereocenters. The van der Waals surface area contributed by atoms with Crippen LogP contribution in [0.5, 0.6) is 0 Å². The molecular formula is C32H35N3S. The van der Waals surface area contributed by atoms with E-state index in [1.807, 2.05) is 13.8 Å². The highest BCUT2D eigenvalue weighted by Crippen LogP contribution is 2.51. The second-order valence-electron chi connectivity index (χ2n) is 10.8. The van der Waals surface area contributed by atoms with Crippen molar-refractivity contribution in [3.8, 4) is 0 Å². The molecule has 3 nitrogen and oxygen atoms in total. The minimum Gasteiger partial charge on any atom is -0.371 e. The lowest BCUT2D eigenvalue weighted by molar-refractivity contribution is 0.433. The maximum atomic E-state index is 6.68. The zero-order chi connectivity index (χ0) is 25.2. The average Bonchev–Trinajstić information content (AvgIpc) is 3.32. The van der Waals surface area contributed by atoms with E-state index in [4.69, 9.17) is 10.7 Å². The molecule has 3 heterocycles. The van der Waals surface area contributed by atoms with Crippen molar-refractivity contribution < 1.29 is 0 Å². The first-order chi connectivity index (χ1) is 17.4. The highest BCUT2D eigenvalue weighted by Gasteiger charge is 2.39. The first-order valence-electron chi connectivity index (χ1n) is 13.3. The van der Waals surface area contributed by atoms with Gasteiger partial charge in [0.1, 0.15) is 5.01 Å². The molecule has 0 amide bonds. The number of allylic oxidation sites excluding steroid dienone is 2. The van der Waals surface area contributed by atoms with Crippen LogP contribution in [0.1, 0.15) is 73.8 Å². The van der Waals surface area contributed by atoms with E-state index in [9.17, 15) is 0 Å². The highest BCUT2D eigenvalue weighted by atomic mass is 32.1. The number of thiazole rings is 1. The lowest BCUT2D eigenvalue weighted by Crippen LogP contribution is -2.43. The van der Waals surface area contributed by atoms with Crippen LogP contribution in [-0.2, 0) is 11.8 Å². The largest absolute Gasteiger partial charge is 0.371 e. The summed E-state index contributed by atoms with van der Waals surface area (Å²) >= 11 is 1.79. The molecule has 2 aliphatic heterocycles. The summed E-state index contributed by atoms with van der Waals surface area (Å²) in [5.41, 5.74) is 17.2. The van der Waals surface area contributed by atoms with E-state index >= 15 is 0 Å². The average molecular weight is 494 g/mol. The van der Waals surface area contributed by atoms with E-state index in [2.05, 4.69) is 73.9 Å². The van der Waals surface area contributed by atoms with Crippen molar-refractivity contribution in [1.29, 1.82) is 0 Å². The molecule has 4 aromatic rings. The highest BCUT2D eigenvalue weighted by molar-refractivity contribution is 7.20.